The molecule has 2 aromatic rings. The molecule has 1 N–H and O–H groups in total. The summed E-state index contributed by atoms with van der Waals surface area (Å²) in [6.45, 7) is 3.31. The van der Waals surface area contributed by atoms with Crippen LogP contribution in [0.15, 0.2) is 36.5 Å². The third kappa shape index (κ3) is 4.30. The van der Waals surface area contributed by atoms with Crippen LogP contribution in [0.25, 0.3) is 0 Å². The Labute approximate surface area is 150 Å². The van der Waals surface area contributed by atoms with Gasteiger partial charge in [-0.15, -0.1) is 0 Å². The lowest BCUT2D eigenvalue weighted by Gasteiger charge is -2.19. The van der Waals surface area contributed by atoms with Crippen LogP contribution < -0.4 is 5.32 Å². The number of nitrogens with zero attached hydrogens (tertiary/aromatic N) is 1. The van der Waals surface area contributed by atoms with Gasteiger partial charge in [0, 0.05) is 23.3 Å². The number of ether oxygens (including phenoxy) is 1. The molecule has 1 aromatic carbocycles. The van der Waals surface area contributed by atoms with Crippen LogP contribution in [-0.4, -0.2) is 22.5 Å². The molecule has 1 heterocycles. The largest absolute Gasteiger partial charge is 0.448 e. The Morgan fingerprint density at radius 2 is 1.92 bits per heavy atom. The van der Waals surface area contributed by atoms with E-state index in [0.717, 1.165) is 5.56 Å². The number of rotatable bonds is 5. The van der Waals surface area contributed by atoms with Crippen LogP contribution in [0, 0.1) is 0 Å². The van der Waals surface area contributed by atoms with Crippen molar-refractivity contribution in [3.8, 4) is 0 Å². The normalized spacial score (nSPS) is 13.2. The number of aryl methyl sites for hydroxylation is 1. The van der Waals surface area contributed by atoms with Crippen molar-refractivity contribution in [1.82, 2.24) is 9.88 Å². The number of nitrogens with one attached hydrogen (secondary N) is 1. The Hall–Kier alpha value is -1.98. The van der Waals surface area contributed by atoms with Gasteiger partial charge in [0.1, 0.15) is 5.69 Å². The molecule has 1 amide bonds. The molecule has 0 bridgehead atoms. The lowest BCUT2D eigenvalue weighted by molar-refractivity contribution is -0.129. The molecule has 24 heavy (non-hydrogen) atoms. The lowest BCUT2D eigenvalue weighted by atomic mass is 10.1. The van der Waals surface area contributed by atoms with E-state index in [0.29, 0.717) is 15.7 Å². The van der Waals surface area contributed by atoms with Crippen molar-refractivity contribution in [3.63, 3.8) is 0 Å². The van der Waals surface area contributed by atoms with Gasteiger partial charge in [0.05, 0.1) is 6.04 Å². The number of carbonyl (C=O) groups excluding carboxylic acids is 2. The number of benzene rings is 1. The predicted molar refractivity (Wildman–Crippen MR) is 93.3 cm³/mol. The molecule has 0 unspecified atom stereocenters. The van der Waals surface area contributed by atoms with Crippen LogP contribution in [0.1, 0.15) is 35.9 Å². The standard InChI is InChI=1S/C17H18Cl2N2O3/c1-10(13-7-6-12(18)9-14(13)19)20-16(22)11(2)24-17(23)15-5-4-8-21(15)3/h4-11H,1-3H3,(H,20,22)/t10-,11-/m1/s1. The molecule has 0 spiro atoms. The zero-order chi connectivity index (χ0) is 17.9. The van der Waals surface area contributed by atoms with E-state index < -0.39 is 18.0 Å². The number of hydrogen-bond donors (Lipinski definition) is 1. The Bertz CT molecular complexity index is 758. The molecule has 0 saturated heterocycles. The monoisotopic (exact) mass is 368 g/mol. The van der Waals surface area contributed by atoms with Crippen LogP contribution in [0.4, 0.5) is 0 Å². The zero-order valence-corrected chi connectivity index (χ0v) is 15.1. The topological polar surface area (TPSA) is 60.3 Å². The molecule has 0 radical (unpaired) electrons. The first kappa shape index (κ1) is 18.4. The second kappa shape index (κ2) is 7.73. The summed E-state index contributed by atoms with van der Waals surface area (Å²) in [7, 11) is 1.73. The molecular formula is C17H18Cl2N2O3. The maximum absolute atomic E-state index is 12.2. The van der Waals surface area contributed by atoms with E-state index >= 15 is 0 Å². The molecule has 5 nitrogen and oxygen atoms in total. The van der Waals surface area contributed by atoms with Gasteiger partial charge in [-0.2, -0.15) is 0 Å². The van der Waals surface area contributed by atoms with Gasteiger partial charge in [0.15, 0.2) is 6.10 Å². The van der Waals surface area contributed by atoms with Crippen molar-refractivity contribution in [3.05, 3.63) is 57.8 Å². The van der Waals surface area contributed by atoms with Gasteiger partial charge in [-0.3, -0.25) is 4.79 Å². The number of aromatic nitrogens is 1. The molecule has 7 heteroatoms. The minimum atomic E-state index is -0.930. The predicted octanol–water partition coefficient (Wildman–Crippen LogP) is 3.75. The Balaban J connectivity index is 1.98. The van der Waals surface area contributed by atoms with Gasteiger partial charge < -0.3 is 14.6 Å². The van der Waals surface area contributed by atoms with Gasteiger partial charge in [0.25, 0.3) is 5.91 Å². The van der Waals surface area contributed by atoms with Crippen molar-refractivity contribution in [1.29, 1.82) is 0 Å². The molecule has 0 aliphatic heterocycles. The zero-order valence-electron chi connectivity index (χ0n) is 13.5. The second-order valence-electron chi connectivity index (χ2n) is 5.45. The fourth-order valence-corrected chi connectivity index (χ4v) is 2.78. The van der Waals surface area contributed by atoms with E-state index in [1.807, 2.05) is 0 Å². The van der Waals surface area contributed by atoms with Crippen LogP contribution in [0.5, 0.6) is 0 Å². The summed E-state index contributed by atoms with van der Waals surface area (Å²) in [5.41, 5.74) is 1.11. The van der Waals surface area contributed by atoms with Crippen LogP contribution in [-0.2, 0) is 16.6 Å². The van der Waals surface area contributed by atoms with Crippen molar-refractivity contribution in [2.75, 3.05) is 0 Å². The summed E-state index contributed by atoms with van der Waals surface area (Å²) in [6, 6.07) is 8.06. The number of amides is 1. The molecule has 0 aliphatic carbocycles. The summed E-state index contributed by atoms with van der Waals surface area (Å²) in [5.74, 6) is -0.960. The maximum Gasteiger partial charge on any atom is 0.355 e. The molecule has 128 valence electrons. The fraction of sp³-hybridized carbons (Fsp3) is 0.294. The molecular weight excluding hydrogens is 351 g/mol. The van der Waals surface area contributed by atoms with Crippen LogP contribution in [0.2, 0.25) is 10.0 Å². The SMILES string of the molecule is C[C@@H](OC(=O)c1cccn1C)C(=O)N[C@H](C)c1ccc(Cl)cc1Cl. The van der Waals surface area contributed by atoms with E-state index in [1.165, 1.54) is 6.92 Å². The Kier molecular flexibility index (Phi) is 5.91. The molecule has 2 atom stereocenters. The molecule has 0 aliphatic rings. The van der Waals surface area contributed by atoms with E-state index in [9.17, 15) is 9.59 Å². The molecule has 2 rings (SSSR count). The average Bonchev–Trinajstić information content (AvgIpc) is 2.93. The van der Waals surface area contributed by atoms with E-state index in [2.05, 4.69) is 5.32 Å². The van der Waals surface area contributed by atoms with Crippen LogP contribution >= 0.6 is 23.2 Å². The lowest BCUT2D eigenvalue weighted by Crippen LogP contribution is -2.37. The first-order valence-corrected chi connectivity index (χ1v) is 8.13. The quantitative estimate of drug-likeness (QED) is 0.817. The third-order valence-corrected chi connectivity index (χ3v) is 4.16. The number of esters is 1. The molecule has 0 fully saturated rings. The minimum absolute atomic E-state index is 0.349. The highest BCUT2D eigenvalue weighted by molar-refractivity contribution is 6.35. The Morgan fingerprint density at radius 1 is 1.21 bits per heavy atom. The first-order valence-electron chi connectivity index (χ1n) is 7.37. The summed E-state index contributed by atoms with van der Waals surface area (Å²) in [4.78, 5) is 24.3. The maximum atomic E-state index is 12.2. The van der Waals surface area contributed by atoms with Gasteiger partial charge in [0.2, 0.25) is 0 Å². The average molecular weight is 369 g/mol. The van der Waals surface area contributed by atoms with E-state index in [-0.39, 0.29) is 6.04 Å². The summed E-state index contributed by atoms with van der Waals surface area (Å²) in [5, 5.41) is 3.75. The van der Waals surface area contributed by atoms with Crippen molar-refractivity contribution >= 4 is 35.1 Å². The first-order chi connectivity index (χ1) is 11.3. The van der Waals surface area contributed by atoms with E-state index in [1.54, 1.807) is 55.1 Å². The van der Waals surface area contributed by atoms with Crippen molar-refractivity contribution < 1.29 is 14.3 Å². The summed E-state index contributed by atoms with van der Waals surface area (Å²) < 4.78 is 6.83. The second-order valence-corrected chi connectivity index (χ2v) is 6.29. The van der Waals surface area contributed by atoms with Gasteiger partial charge >= 0.3 is 5.97 Å². The Morgan fingerprint density at radius 3 is 2.50 bits per heavy atom. The highest BCUT2D eigenvalue weighted by Gasteiger charge is 2.22. The number of hydrogen-bond acceptors (Lipinski definition) is 3. The van der Waals surface area contributed by atoms with Gasteiger partial charge in [-0.1, -0.05) is 29.3 Å². The van der Waals surface area contributed by atoms with Gasteiger partial charge in [-0.25, -0.2) is 4.79 Å². The number of carbonyl (C=O) groups is 2. The fourth-order valence-electron chi connectivity index (χ4n) is 2.21. The minimum Gasteiger partial charge on any atom is -0.448 e. The van der Waals surface area contributed by atoms with Crippen LogP contribution in [0.3, 0.4) is 0 Å². The van der Waals surface area contributed by atoms with Crippen molar-refractivity contribution in [2.24, 2.45) is 7.05 Å². The highest BCUT2D eigenvalue weighted by atomic mass is 35.5. The summed E-state index contributed by atoms with van der Waals surface area (Å²) >= 11 is 12.0. The number of halogens is 2. The molecule has 0 saturated carbocycles. The smallest absolute Gasteiger partial charge is 0.355 e. The van der Waals surface area contributed by atoms with Gasteiger partial charge in [-0.05, 0) is 43.7 Å². The van der Waals surface area contributed by atoms with E-state index in [4.69, 9.17) is 27.9 Å². The van der Waals surface area contributed by atoms with Crippen molar-refractivity contribution in [2.45, 2.75) is 26.0 Å². The third-order valence-electron chi connectivity index (χ3n) is 3.59. The summed E-state index contributed by atoms with van der Waals surface area (Å²) in [6.07, 6.45) is 0.798. The highest BCUT2D eigenvalue weighted by Crippen LogP contribution is 2.26. The molecule has 1 aromatic heterocycles.